The van der Waals surface area contributed by atoms with Gasteiger partial charge in [0.1, 0.15) is 11.3 Å². The molecule has 0 spiro atoms. The minimum Gasteiger partial charge on any atom is -0.508 e. The van der Waals surface area contributed by atoms with Crippen molar-refractivity contribution in [2.24, 2.45) is 0 Å². The molecule has 2 rings (SSSR count). The highest BCUT2D eigenvalue weighted by Crippen LogP contribution is 2.32. The van der Waals surface area contributed by atoms with Crippen molar-refractivity contribution in [3.8, 4) is 17.2 Å². The van der Waals surface area contributed by atoms with Gasteiger partial charge in [-0.25, -0.2) is 4.79 Å². The van der Waals surface area contributed by atoms with Gasteiger partial charge in [0.25, 0.3) is 0 Å². The van der Waals surface area contributed by atoms with Crippen LogP contribution in [0.25, 0.3) is 11.0 Å². The van der Waals surface area contributed by atoms with E-state index >= 15 is 0 Å². The second kappa shape index (κ2) is 5.00. The zero-order valence-corrected chi connectivity index (χ0v) is 9.97. The Bertz CT molecular complexity index is 615. The van der Waals surface area contributed by atoms with Gasteiger partial charge in [-0.3, -0.25) is 0 Å². The molecular weight excluding hydrogens is 236 g/mol. The molecule has 5 nitrogen and oxygen atoms in total. The van der Waals surface area contributed by atoms with Crippen LogP contribution in [0.4, 0.5) is 0 Å². The molecule has 18 heavy (non-hydrogen) atoms. The average Bonchev–Trinajstić information content (AvgIpc) is 2.33. The molecule has 2 N–H and O–H groups in total. The first-order chi connectivity index (χ1) is 8.63. The molecule has 0 amide bonds. The number of aromatic hydroxyl groups is 2. The molecule has 0 radical (unpaired) electrons. The Morgan fingerprint density at radius 3 is 2.83 bits per heavy atom. The Morgan fingerprint density at radius 2 is 2.11 bits per heavy atom. The van der Waals surface area contributed by atoms with Gasteiger partial charge in [0.15, 0.2) is 5.75 Å². The number of hydrogen-bond acceptors (Lipinski definition) is 5. The van der Waals surface area contributed by atoms with Crippen molar-refractivity contribution in [3.63, 3.8) is 0 Å². The van der Waals surface area contributed by atoms with E-state index in [1.165, 1.54) is 18.2 Å². The van der Waals surface area contributed by atoms with Gasteiger partial charge in [-0.2, -0.15) is 0 Å². The predicted molar refractivity (Wildman–Crippen MR) is 66.2 cm³/mol. The number of hydrogen-bond donors (Lipinski definition) is 2. The summed E-state index contributed by atoms with van der Waals surface area (Å²) in [6.07, 6.45) is 1.71. The number of rotatable bonds is 4. The van der Waals surface area contributed by atoms with Crippen LogP contribution in [0.15, 0.2) is 27.4 Å². The van der Waals surface area contributed by atoms with E-state index in [4.69, 9.17) is 9.15 Å². The number of ether oxygens (including phenoxy) is 1. The zero-order chi connectivity index (χ0) is 13.1. The van der Waals surface area contributed by atoms with Gasteiger partial charge in [-0.05, 0) is 18.6 Å². The second-order valence-electron chi connectivity index (χ2n) is 3.95. The molecule has 2 aromatic rings. The molecule has 0 aliphatic heterocycles. The molecule has 1 aromatic heterocycles. The smallest absolute Gasteiger partial charge is 0.383 e. The van der Waals surface area contributed by atoms with Gasteiger partial charge in [0, 0.05) is 6.07 Å². The standard InChI is InChI=1S/C13H14O5/c1-2-3-6-17-12-11(15)9-5-4-8(14)7-10(9)18-13(12)16/h4-5,7,14-15H,2-3,6H2,1H3. The van der Waals surface area contributed by atoms with Crippen LogP contribution < -0.4 is 10.4 Å². The molecule has 0 atom stereocenters. The number of phenolic OH excluding ortho intramolecular Hbond substituents is 1. The monoisotopic (exact) mass is 250 g/mol. The Morgan fingerprint density at radius 1 is 1.33 bits per heavy atom. The van der Waals surface area contributed by atoms with Crippen molar-refractivity contribution < 1.29 is 19.4 Å². The number of phenols is 1. The number of fused-ring (bicyclic) bond motifs is 1. The fourth-order valence-corrected chi connectivity index (χ4v) is 1.60. The molecule has 0 aliphatic carbocycles. The summed E-state index contributed by atoms with van der Waals surface area (Å²) in [5.74, 6) is -0.469. The summed E-state index contributed by atoms with van der Waals surface area (Å²) < 4.78 is 10.2. The molecule has 0 bridgehead atoms. The molecule has 0 saturated carbocycles. The maximum Gasteiger partial charge on any atom is 0.383 e. The minimum atomic E-state index is -0.748. The number of unbranched alkanes of at least 4 members (excludes halogenated alkanes) is 1. The maximum absolute atomic E-state index is 11.6. The highest BCUT2D eigenvalue weighted by Gasteiger charge is 2.15. The van der Waals surface area contributed by atoms with Crippen LogP contribution in [0.2, 0.25) is 0 Å². The van der Waals surface area contributed by atoms with E-state index in [1.54, 1.807) is 0 Å². The zero-order valence-electron chi connectivity index (χ0n) is 9.97. The van der Waals surface area contributed by atoms with Gasteiger partial charge < -0.3 is 19.4 Å². The Hall–Kier alpha value is -2.17. The van der Waals surface area contributed by atoms with E-state index in [-0.39, 0.29) is 22.8 Å². The summed E-state index contributed by atoms with van der Waals surface area (Å²) in [6, 6.07) is 4.14. The van der Waals surface area contributed by atoms with E-state index in [0.717, 1.165) is 12.8 Å². The fourth-order valence-electron chi connectivity index (χ4n) is 1.60. The van der Waals surface area contributed by atoms with Crippen molar-refractivity contribution in [1.29, 1.82) is 0 Å². The topological polar surface area (TPSA) is 79.9 Å². The lowest BCUT2D eigenvalue weighted by molar-refractivity contribution is 0.279. The van der Waals surface area contributed by atoms with E-state index in [1.807, 2.05) is 6.92 Å². The van der Waals surface area contributed by atoms with E-state index < -0.39 is 5.63 Å². The highest BCUT2D eigenvalue weighted by atomic mass is 16.5. The van der Waals surface area contributed by atoms with Crippen LogP contribution in [0, 0.1) is 0 Å². The summed E-state index contributed by atoms with van der Waals surface area (Å²) in [5.41, 5.74) is -0.623. The maximum atomic E-state index is 11.6. The van der Waals surface area contributed by atoms with Gasteiger partial charge in [0.05, 0.1) is 12.0 Å². The van der Waals surface area contributed by atoms with Gasteiger partial charge in [-0.15, -0.1) is 0 Å². The summed E-state index contributed by atoms with van der Waals surface area (Å²) in [4.78, 5) is 11.6. The first-order valence-corrected chi connectivity index (χ1v) is 5.75. The summed E-state index contributed by atoms with van der Waals surface area (Å²) in [5, 5.41) is 19.6. The molecule has 0 aliphatic rings. The van der Waals surface area contributed by atoms with Crippen LogP contribution in [0.1, 0.15) is 19.8 Å². The lowest BCUT2D eigenvalue weighted by atomic mass is 10.2. The summed E-state index contributed by atoms with van der Waals surface area (Å²) >= 11 is 0. The number of benzene rings is 1. The highest BCUT2D eigenvalue weighted by molar-refractivity contribution is 5.86. The van der Waals surface area contributed by atoms with Crippen LogP contribution in [-0.2, 0) is 0 Å². The van der Waals surface area contributed by atoms with Gasteiger partial charge >= 0.3 is 5.63 Å². The van der Waals surface area contributed by atoms with Gasteiger partial charge in [-0.1, -0.05) is 13.3 Å². The quantitative estimate of drug-likeness (QED) is 0.643. The Labute approximate surface area is 103 Å². The summed E-state index contributed by atoms with van der Waals surface area (Å²) in [6.45, 7) is 2.34. The van der Waals surface area contributed by atoms with Crippen LogP contribution in [0.5, 0.6) is 17.2 Å². The molecular formula is C13H14O5. The van der Waals surface area contributed by atoms with E-state index in [9.17, 15) is 15.0 Å². The molecule has 5 heteroatoms. The Balaban J connectivity index is 2.48. The van der Waals surface area contributed by atoms with Crippen molar-refractivity contribution >= 4 is 11.0 Å². The average molecular weight is 250 g/mol. The van der Waals surface area contributed by atoms with E-state index in [2.05, 4.69) is 0 Å². The molecule has 0 unspecified atom stereocenters. The third kappa shape index (κ3) is 2.25. The largest absolute Gasteiger partial charge is 0.508 e. The van der Waals surface area contributed by atoms with Crippen molar-refractivity contribution in [3.05, 3.63) is 28.6 Å². The third-order valence-electron chi connectivity index (χ3n) is 2.57. The summed E-state index contributed by atoms with van der Waals surface area (Å²) in [7, 11) is 0. The normalized spacial score (nSPS) is 10.7. The van der Waals surface area contributed by atoms with Crippen molar-refractivity contribution in [1.82, 2.24) is 0 Å². The fraction of sp³-hybridized carbons (Fsp3) is 0.308. The molecule has 1 heterocycles. The molecule has 0 fully saturated rings. The lowest BCUT2D eigenvalue weighted by Gasteiger charge is -2.07. The predicted octanol–water partition coefficient (Wildman–Crippen LogP) is 2.38. The van der Waals surface area contributed by atoms with Gasteiger partial charge in [0.2, 0.25) is 5.75 Å². The second-order valence-corrected chi connectivity index (χ2v) is 3.95. The van der Waals surface area contributed by atoms with Crippen molar-refractivity contribution in [2.45, 2.75) is 19.8 Å². The van der Waals surface area contributed by atoms with E-state index in [0.29, 0.717) is 12.0 Å². The lowest BCUT2D eigenvalue weighted by Crippen LogP contribution is -2.08. The van der Waals surface area contributed by atoms with Crippen molar-refractivity contribution in [2.75, 3.05) is 6.61 Å². The van der Waals surface area contributed by atoms with Crippen LogP contribution in [0.3, 0.4) is 0 Å². The SMILES string of the molecule is CCCCOc1c(O)c2ccc(O)cc2oc1=O. The first kappa shape index (κ1) is 12.3. The minimum absolute atomic E-state index is 0.0373. The van der Waals surface area contributed by atoms with Crippen LogP contribution >= 0.6 is 0 Å². The third-order valence-corrected chi connectivity index (χ3v) is 2.57. The molecule has 96 valence electrons. The molecule has 1 aromatic carbocycles. The Kier molecular flexibility index (Phi) is 3.41. The first-order valence-electron chi connectivity index (χ1n) is 5.75. The molecule has 0 saturated heterocycles. The van der Waals surface area contributed by atoms with Crippen LogP contribution in [-0.4, -0.2) is 16.8 Å².